The molecule has 0 saturated heterocycles. The van der Waals surface area contributed by atoms with Gasteiger partial charge in [-0.3, -0.25) is 9.97 Å². The Balaban J connectivity index is 1.53. The highest BCUT2D eigenvalue weighted by atomic mass is 14.9. The fourth-order valence-electron chi connectivity index (χ4n) is 3.42. The van der Waals surface area contributed by atoms with Gasteiger partial charge in [-0.05, 0) is 71.8 Å². The van der Waals surface area contributed by atoms with Gasteiger partial charge >= 0.3 is 0 Å². The van der Waals surface area contributed by atoms with Gasteiger partial charge in [0.05, 0.1) is 22.8 Å². The molecule has 0 bridgehead atoms. The van der Waals surface area contributed by atoms with Crippen molar-refractivity contribution in [3.8, 4) is 33.9 Å². The Hall–Kier alpha value is -4.31. The Labute approximate surface area is 181 Å². The molecule has 4 heteroatoms. The quantitative estimate of drug-likeness (QED) is 0.360. The highest BCUT2D eigenvalue weighted by molar-refractivity contribution is 5.76. The molecule has 1 N–H and O–H groups in total. The predicted octanol–water partition coefficient (Wildman–Crippen LogP) is 6.62. The van der Waals surface area contributed by atoms with Crippen LogP contribution in [0, 0.1) is 0 Å². The van der Waals surface area contributed by atoms with Crippen LogP contribution in [0.5, 0.6) is 0 Å². The van der Waals surface area contributed by atoms with Crippen LogP contribution in [-0.2, 0) is 0 Å². The summed E-state index contributed by atoms with van der Waals surface area (Å²) in [7, 11) is 0. The van der Waals surface area contributed by atoms with Crippen LogP contribution in [0.1, 0.15) is 0 Å². The highest BCUT2D eigenvalue weighted by Gasteiger charge is 2.10. The molecule has 0 unspecified atom stereocenters. The molecule has 0 spiro atoms. The lowest BCUT2D eigenvalue weighted by molar-refractivity contribution is 1.22. The lowest BCUT2D eigenvalue weighted by Crippen LogP contribution is -1.94. The van der Waals surface area contributed by atoms with Crippen molar-refractivity contribution in [2.45, 2.75) is 0 Å². The summed E-state index contributed by atoms with van der Waals surface area (Å²) in [5, 5.41) is 3.42. The van der Waals surface area contributed by atoms with Crippen LogP contribution in [0.15, 0.2) is 116 Å². The Morgan fingerprint density at radius 2 is 1.00 bits per heavy atom. The first-order chi connectivity index (χ1) is 15.3. The molecule has 3 aromatic heterocycles. The molecule has 0 aliphatic carbocycles. The van der Waals surface area contributed by atoms with Crippen molar-refractivity contribution < 1.29 is 0 Å². The summed E-state index contributed by atoms with van der Waals surface area (Å²) in [6.45, 7) is 0. The van der Waals surface area contributed by atoms with Crippen LogP contribution in [0.4, 0.5) is 11.4 Å². The second-order valence-corrected chi connectivity index (χ2v) is 7.12. The smallest absolute Gasteiger partial charge is 0.0900 e. The fourth-order valence-corrected chi connectivity index (χ4v) is 3.42. The molecule has 2 aromatic carbocycles. The summed E-state index contributed by atoms with van der Waals surface area (Å²) in [5.41, 5.74) is 7.61. The Bertz CT molecular complexity index is 1210. The molecule has 5 aromatic rings. The van der Waals surface area contributed by atoms with E-state index in [1.807, 2.05) is 54.6 Å². The van der Waals surface area contributed by atoms with Gasteiger partial charge in [0.2, 0.25) is 0 Å². The Kier molecular flexibility index (Phi) is 5.18. The Morgan fingerprint density at radius 3 is 1.55 bits per heavy atom. The van der Waals surface area contributed by atoms with Gasteiger partial charge in [0, 0.05) is 23.8 Å². The number of para-hydroxylation sites is 1. The summed E-state index contributed by atoms with van der Waals surface area (Å²) in [5.74, 6) is 0. The molecule has 0 atom stereocenters. The number of rotatable bonds is 5. The van der Waals surface area contributed by atoms with Crippen LogP contribution in [0.2, 0.25) is 0 Å². The third-order valence-electron chi connectivity index (χ3n) is 4.96. The van der Waals surface area contributed by atoms with Gasteiger partial charge in [0.1, 0.15) is 0 Å². The third kappa shape index (κ3) is 4.33. The number of hydrogen-bond acceptors (Lipinski definition) is 4. The minimum absolute atomic E-state index is 0.824. The number of hydrogen-bond donors (Lipinski definition) is 1. The molecule has 0 radical (unpaired) electrons. The molecule has 0 aliphatic heterocycles. The van der Waals surface area contributed by atoms with Gasteiger partial charge in [0.25, 0.3) is 0 Å². The first-order valence-corrected chi connectivity index (χ1v) is 10.1. The zero-order valence-electron chi connectivity index (χ0n) is 16.8. The predicted molar refractivity (Wildman–Crippen MR) is 126 cm³/mol. The molecular formula is C27H20N4. The largest absolute Gasteiger partial charge is 0.356 e. The van der Waals surface area contributed by atoms with Crippen LogP contribution >= 0.6 is 0 Å². The van der Waals surface area contributed by atoms with Gasteiger partial charge in [-0.15, -0.1) is 0 Å². The fraction of sp³-hybridized carbons (Fsp3) is 0. The van der Waals surface area contributed by atoms with E-state index < -0.39 is 0 Å². The molecule has 5 rings (SSSR count). The third-order valence-corrected chi connectivity index (χ3v) is 4.96. The van der Waals surface area contributed by atoms with Crippen LogP contribution in [0.3, 0.4) is 0 Å². The van der Waals surface area contributed by atoms with E-state index in [9.17, 15) is 0 Å². The molecule has 0 saturated carbocycles. The van der Waals surface area contributed by atoms with Crippen molar-refractivity contribution in [1.29, 1.82) is 0 Å². The summed E-state index contributed by atoms with van der Waals surface area (Å²) >= 11 is 0. The number of pyridine rings is 3. The molecule has 4 nitrogen and oxygen atoms in total. The van der Waals surface area contributed by atoms with Gasteiger partial charge < -0.3 is 5.32 Å². The molecule has 0 fully saturated rings. The van der Waals surface area contributed by atoms with E-state index in [4.69, 9.17) is 4.98 Å². The van der Waals surface area contributed by atoms with E-state index in [0.717, 1.165) is 45.3 Å². The highest BCUT2D eigenvalue weighted by Crippen LogP contribution is 2.30. The van der Waals surface area contributed by atoms with E-state index in [1.165, 1.54) is 0 Å². The number of nitrogens with zero attached hydrogens (tertiary/aromatic N) is 3. The molecule has 148 valence electrons. The normalized spacial score (nSPS) is 10.6. The van der Waals surface area contributed by atoms with E-state index in [1.54, 1.807) is 12.4 Å². The molecule has 0 aliphatic rings. The number of anilines is 2. The Morgan fingerprint density at radius 1 is 0.452 bits per heavy atom. The van der Waals surface area contributed by atoms with Gasteiger partial charge in [-0.2, -0.15) is 0 Å². The van der Waals surface area contributed by atoms with Crippen molar-refractivity contribution in [2.24, 2.45) is 0 Å². The van der Waals surface area contributed by atoms with Crippen molar-refractivity contribution in [3.05, 3.63) is 116 Å². The maximum Gasteiger partial charge on any atom is 0.0900 e. The zero-order valence-corrected chi connectivity index (χ0v) is 16.8. The van der Waals surface area contributed by atoms with Crippen molar-refractivity contribution in [1.82, 2.24) is 15.0 Å². The zero-order chi connectivity index (χ0) is 20.9. The maximum atomic E-state index is 4.84. The monoisotopic (exact) mass is 400 g/mol. The maximum absolute atomic E-state index is 4.84. The van der Waals surface area contributed by atoms with E-state index in [0.29, 0.717) is 0 Å². The lowest BCUT2D eigenvalue weighted by Gasteiger charge is -2.11. The van der Waals surface area contributed by atoms with Gasteiger partial charge in [0.15, 0.2) is 0 Å². The van der Waals surface area contributed by atoms with Crippen LogP contribution in [-0.4, -0.2) is 15.0 Å². The summed E-state index contributed by atoms with van der Waals surface area (Å²) in [4.78, 5) is 13.8. The van der Waals surface area contributed by atoms with Crippen LogP contribution < -0.4 is 5.32 Å². The molecule has 31 heavy (non-hydrogen) atoms. The van der Waals surface area contributed by atoms with E-state index in [-0.39, 0.29) is 0 Å². The number of aromatic nitrogens is 3. The van der Waals surface area contributed by atoms with Crippen molar-refractivity contribution >= 4 is 11.4 Å². The lowest BCUT2D eigenvalue weighted by atomic mass is 10.0. The second-order valence-electron chi connectivity index (χ2n) is 7.12. The molecular weight excluding hydrogens is 380 g/mol. The van der Waals surface area contributed by atoms with E-state index in [2.05, 4.69) is 63.8 Å². The summed E-state index contributed by atoms with van der Waals surface area (Å²) in [6, 6.07) is 34.4. The van der Waals surface area contributed by atoms with Crippen molar-refractivity contribution in [2.75, 3.05) is 5.32 Å². The average Bonchev–Trinajstić information content (AvgIpc) is 2.86. The molecule has 0 amide bonds. The minimum atomic E-state index is 0.824. The number of nitrogens with one attached hydrogen (secondary N) is 1. The SMILES string of the molecule is c1ccc(Nc2ccc(-c3cc(-c4ccccn4)nc(-c4ccccn4)c3)cc2)cc1. The number of benzene rings is 2. The molecule has 3 heterocycles. The average molecular weight is 400 g/mol. The topological polar surface area (TPSA) is 50.7 Å². The summed E-state index contributed by atoms with van der Waals surface area (Å²) < 4.78 is 0. The standard InChI is InChI=1S/C27H20N4/c1-2-8-22(9-3-1)30-23-14-12-20(13-15-23)21-18-26(24-10-4-6-16-28-24)31-27(19-21)25-11-5-7-17-29-25/h1-19,30H. The van der Waals surface area contributed by atoms with Crippen molar-refractivity contribution in [3.63, 3.8) is 0 Å². The van der Waals surface area contributed by atoms with Gasteiger partial charge in [-0.1, -0.05) is 42.5 Å². The first-order valence-electron chi connectivity index (χ1n) is 10.1. The summed E-state index contributed by atoms with van der Waals surface area (Å²) in [6.07, 6.45) is 3.57. The van der Waals surface area contributed by atoms with Gasteiger partial charge in [-0.25, -0.2) is 4.98 Å². The minimum Gasteiger partial charge on any atom is -0.356 e. The first kappa shape index (κ1) is 18.7. The van der Waals surface area contributed by atoms with Crippen LogP contribution in [0.25, 0.3) is 33.9 Å². The second kappa shape index (κ2) is 8.59. The van der Waals surface area contributed by atoms with E-state index >= 15 is 0 Å².